The molecule has 0 atom stereocenters. The summed E-state index contributed by atoms with van der Waals surface area (Å²) < 4.78 is 52.9. The van der Waals surface area contributed by atoms with Crippen LogP contribution in [-0.2, 0) is 21.7 Å². The maximum Gasteiger partial charge on any atom is 2.00 e. The van der Waals surface area contributed by atoms with Gasteiger partial charge in [-0.2, -0.15) is 0 Å². The Bertz CT molecular complexity index is 829. The molecule has 0 saturated heterocycles. The molecule has 7 heteroatoms. The van der Waals surface area contributed by atoms with Gasteiger partial charge in [-0.05, 0) is 48.9 Å². The van der Waals surface area contributed by atoms with Crippen LogP contribution in [0.2, 0.25) is 0 Å². The predicted octanol–water partition coefficient (Wildman–Crippen LogP) is 8.05. The van der Waals surface area contributed by atoms with Gasteiger partial charge in [0.25, 0.3) is 0 Å². The molecule has 35 heavy (non-hydrogen) atoms. The van der Waals surface area contributed by atoms with Gasteiger partial charge in [0.2, 0.25) is 0 Å². The van der Waals surface area contributed by atoms with Crippen LogP contribution in [-0.4, -0.2) is 26.2 Å². The molecule has 194 valence electrons. The summed E-state index contributed by atoms with van der Waals surface area (Å²) in [4.78, 5) is 3.85. The molecule has 0 bridgehead atoms. The summed E-state index contributed by atoms with van der Waals surface area (Å²) in [6.07, 6.45) is 2.02. The van der Waals surface area contributed by atoms with Crippen molar-refractivity contribution in [2.75, 3.05) is 36.0 Å². The quantitative estimate of drug-likeness (QED) is 0.175. The minimum Gasteiger partial charge on any atom is -0.421 e. The topological polar surface area (TPSA) is 6.48 Å². The molecule has 0 aliphatic carbocycles. The SMILES string of the molecule is CCN(CC(C)(C)CC)c1ccc(F)[c-]c1F.CCN(CC(C)(C)CC)c1ccc(F)[c-]c1F.[Ti+2]. The van der Waals surface area contributed by atoms with Crippen LogP contribution in [0.3, 0.4) is 0 Å². The Morgan fingerprint density at radius 3 is 1.17 bits per heavy atom. The Morgan fingerprint density at radius 1 is 0.629 bits per heavy atom. The van der Waals surface area contributed by atoms with Crippen LogP contribution in [0, 0.1) is 46.2 Å². The monoisotopic (exact) mass is 528 g/mol. The number of rotatable bonds is 10. The molecule has 0 aliphatic rings. The van der Waals surface area contributed by atoms with Crippen molar-refractivity contribution in [2.45, 2.75) is 68.2 Å². The van der Waals surface area contributed by atoms with E-state index in [4.69, 9.17) is 0 Å². The van der Waals surface area contributed by atoms with E-state index in [2.05, 4.69) is 53.7 Å². The molecule has 0 spiro atoms. The van der Waals surface area contributed by atoms with E-state index < -0.39 is 23.3 Å². The second-order valence-electron chi connectivity index (χ2n) is 10.1. The minimum absolute atomic E-state index is 0. The smallest absolute Gasteiger partial charge is 0.421 e. The van der Waals surface area contributed by atoms with Crippen molar-refractivity contribution in [2.24, 2.45) is 10.8 Å². The molecule has 2 aromatic carbocycles. The van der Waals surface area contributed by atoms with E-state index in [9.17, 15) is 17.6 Å². The van der Waals surface area contributed by atoms with E-state index in [1.165, 1.54) is 24.3 Å². The first-order valence-electron chi connectivity index (χ1n) is 12.0. The van der Waals surface area contributed by atoms with Gasteiger partial charge >= 0.3 is 21.7 Å². The maximum atomic E-state index is 13.6. The third kappa shape index (κ3) is 11.0. The van der Waals surface area contributed by atoms with Crippen molar-refractivity contribution in [3.05, 3.63) is 59.7 Å². The average Bonchev–Trinajstić information content (AvgIpc) is 2.77. The maximum absolute atomic E-state index is 13.6. The Balaban J connectivity index is 0.000000642. The van der Waals surface area contributed by atoms with Crippen LogP contribution in [0.1, 0.15) is 68.2 Å². The second kappa shape index (κ2) is 14.9. The predicted molar refractivity (Wildman–Crippen MR) is 134 cm³/mol. The summed E-state index contributed by atoms with van der Waals surface area (Å²) in [6, 6.07) is 9.63. The number of halogens is 4. The zero-order valence-electron chi connectivity index (χ0n) is 22.5. The molecule has 0 radical (unpaired) electrons. The van der Waals surface area contributed by atoms with Crippen LogP contribution in [0.5, 0.6) is 0 Å². The van der Waals surface area contributed by atoms with Crippen LogP contribution in [0.25, 0.3) is 0 Å². The fourth-order valence-electron chi connectivity index (χ4n) is 3.35. The fourth-order valence-corrected chi connectivity index (χ4v) is 3.35. The van der Waals surface area contributed by atoms with Crippen molar-refractivity contribution in [1.29, 1.82) is 0 Å². The summed E-state index contributed by atoms with van der Waals surface area (Å²) >= 11 is 0. The summed E-state index contributed by atoms with van der Waals surface area (Å²) in [7, 11) is 0. The van der Waals surface area contributed by atoms with Crippen molar-refractivity contribution in [3.8, 4) is 0 Å². The van der Waals surface area contributed by atoms with Crippen molar-refractivity contribution in [3.63, 3.8) is 0 Å². The van der Waals surface area contributed by atoms with Gasteiger partial charge in [0.15, 0.2) is 0 Å². The zero-order valence-corrected chi connectivity index (χ0v) is 24.0. The number of anilines is 2. The molecule has 0 fully saturated rings. The van der Waals surface area contributed by atoms with Crippen molar-refractivity contribution < 1.29 is 39.3 Å². The first-order chi connectivity index (χ1) is 15.8. The van der Waals surface area contributed by atoms with Crippen LogP contribution < -0.4 is 9.80 Å². The van der Waals surface area contributed by atoms with E-state index in [1.807, 2.05) is 23.6 Å². The Hall–Kier alpha value is -1.53. The number of hydrogen-bond acceptors (Lipinski definition) is 2. The Labute approximate surface area is 225 Å². The van der Waals surface area contributed by atoms with E-state index >= 15 is 0 Å². The van der Waals surface area contributed by atoms with E-state index in [0.717, 1.165) is 25.9 Å². The molecule has 0 unspecified atom stereocenters. The van der Waals surface area contributed by atoms with Crippen LogP contribution in [0.15, 0.2) is 24.3 Å². The van der Waals surface area contributed by atoms with Gasteiger partial charge in [-0.15, -0.1) is 36.4 Å². The standard InChI is InChI=1S/2C14H20F2N.Ti/c2*1-5-14(3,4)10-17(6-2)13-8-7-11(15)9-12(13)16;/h2*7-8H,5-6,10H2,1-4H3;/q2*-1;+2. The summed E-state index contributed by atoms with van der Waals surface area (Å²) in [6.45, 7) is 19.6. The van der Waals surface area contributed by atoms with Crippen molar-refractivity contribution in [1.82, 2.24) is 0 Å². The Morgan fingerprint density at radius 2 is 0.943 bits per heavy atom. The molecule has 0 saturated carbocycles. The fraction of sp³-hybridized carbons (Fsp3) is 0.571. The molecule has 0 amide bonds. The molecule has 0 aliphatic heterocycles. The number of nitrogens with zero attached hydrogens (tertiary/aromatic N) is 2. The molecular weight excluding hydrogens is 488 g/mol. The van der Waals surface area contributed by atoms with E-state index in [1.54, 1.807) is 0 Å². The Kier molecular flexibility index (Phi) is 14.2. The summed E-state index contributed by atoms with van der Waals surface area (Å²) in [5.41, 5.74) is 1.07. The minimum atomic E-state index is -0.656. The molecule has 2 aromatic rings. The molecule has 0 N–H and O–H groups in total. The molecule has 2 rings (SSSR count). The zero-order chi connectivity index (χ0) is 26.1. The van der Waals surface area contributed by atoms with E-state index in [-0.39, 0.29) is 32.5 Å². The van der Waals surface area contributed by atoms with Gasteiger partial charge in [0.1, 0.15) is 0 Å². The van der Waals surface area contributed by atoms with Crippen molar-refractivity contribution >= 4 is 11.4 Å². The van der Waals surface area contributed by atoms with Gasteiger partial charge in [0.05, 0.1) is 0 Å². The summed E-state index contributed by atoms with van der Waals surface area (Å²) in [5, 5.41) is 0. The van der Waals surface area contributed by atoms with E-state index in [0.29, 0.717) is 24.5 Å². The van der Waals surface area contributed by atoms with Gasteiger partial charge in [0, 0.05) is 49.4 Å². The third-order valence-corrected chi connectivity index (χ3v) is 6.28. The third-order valence-electron chi connectivity index (χ3n) is 6.28. The normalized spacial score (nSPS) is 11.3. The van der Waals surface area contributed by atoms with Crippen LogP contribution >= 0.6 is 0 Å². The molecule has 0 aromatic heterocycles. The summed E-state index contributed by atoms with van der Waals surface area (Å²) in [5.74, 6) is -2.54. The number of hydrogen-bond donors (Lipinski definition) is 0. The average molecular weight is 529 g/mol. The van der Waals surface area contributed by atoms with Crippen LogP contribution in [0.4, 0.5) is 28.9 Å². The van der Waals surface area contributed by atoms with Gasteiger partial charge in [-0.3, -0.25) is 0 Å². The molecule has 0 heterocycles. The molecular formula is C28H40F4N2Ti. The second-order valence-corrected chi connectivity index (χ2v) is 10.1. The number of benzene rings is 2. The van der Waals surface area contributed by atoms with Gasteiger partial charge in [-0.25, -0.2) is 17.6 Å². The van der Waals surface area contributed by atoms with Gasteiger partial charge in [-0.1, -0.05) is 41.5 Å². The largest absolute Gasteiger partial charge is 2.00 e. The molecule has 2 nitrogen and oxygen atoms in total. The van der Waals surface area contributed by atoms with Gasteiger partial charge < -0.3 is 9.80 Å². The first kappa shape index (κ1) is 33.5. The first-order valence-corrected chi connectivity index (χ1v) is 12.0.